The van der Waals surface area contributed by atoms with Crippen molar-refractivity contribution in [2.75, 3.05) is 5.32 Å². The van der Waals surface area contributed by atoms with Gasteiger partial charge in [-0.15, -0.1) is 0 Å². The van der Waals surface area contributed by atoms with Crippen LogP contribution in [0.25, 0.3) is 11.1 Å². The largest absolute Gasteiger partial charge is 0.439 e. The molecule has 1 aromatic heterocycles. The minimum atomic E-state index is -0.341. The molecule has 0 fully saturated rings. The quantitative estimate of drug-likeness (QED) is 0.319. The topological polar surface area (TPSA) is 67.2 Å². The van der Waals surface area contributed by atoms with Gasteiger partial charge >= 0.3 is 0 Å². The Hall–Kier alpha value is -2.64. The van der Waals surface area contributed by atoms with Crippen LogP contribution in [-0.4, -0.2) is 16.0 Å². The van der Waals surface area contributed by atoms with E-state index in [9.17, 15) is 4.79 Å². The number of hydrogen-bond donors (Lipinski definition) is 2. The summed E-state index contributed by atoms with van der Waals surface area (Å²) in [6.45, 7) is 0. The van der Waals surface area contributed by atoms with Crippen molar-refractivity contribution in [2.24, 2.45) is 0 Å². The number of thiocarbonyl (C=S) groups is 1. The molecule has 0 radical (unpaired) electrons. The molecule has 0 atom stereocenters. The van der Waals surface area contributed by atoms with E-state index >= 15 is 0 Å². The Morgan fingerprint density at radius 3 is 2.52 bits per heavy atom. The van der Waals surface area contributed by atoms with Crippen LogP contribution in [0.15, 0.2) is 65.1 Å². The van der Waals surface area contributed by atoms with E-state index in [-0.39, 0.29) is 11.0 Å². The summed E-state index contributed by atoms with van der Waals surface area (Å²) in [5.41, 5.74) is 3.26. The maximum atomic E-state index is 12.2. The molecule has 3 aromatic carbocycles. The second kappa shape index (κ2) is 9.24. The molecule has 9 heteroatoms. The van der Waals surface area contributed by atoms with Crippen LogP contribution in [-0.2, 0) is 6.42 Å². The molecule has 31 heavy (non-hydrogen) atoms. The highest BCUT2D eigenvalue weighted by Gasteiger charge is 2.12. The number of fused-ring (bicyclic) bond motifs is 1. The van der Waals surface area contributed by atoms with E-state index in [1.54, 1.807) is 36.4 Å². The van der Waals surface area contributed by atoms with Crippen molar-refractivity contribution in [2.45, 2.75) is 6.42 Å². The number of aromatic nitrogens is 1. The van der Waals surface area contributed by atoms with Gasteiger partial charge in [-0.05, 0) is 60.2 Å². The molecule has 0 aliphatic carbocycles. The fraction of sp³-hybridized carbons (Fsp3) is 0.0455. The molecule has 5 nitrogen and oxygen atoms in total. The Bertz CT molecular complexity index is 1290. The first-order chi connectivity index (χ1) is 14.9. The van der Waals surface area contributed by atoms with Gasteiger partial charge in [-0.2, -0.15) is 0 Å². The maximum absolute atomic E-state index is 12.2. The van der Waals surface area contributed by atoms with Crippen molar-refractivity contribution in [3.05, 3.63) is 92.7 Å². The van der Waals surface area contributed by atoms with E-state index in [4.69, 9.17) is 51.4 Å². The zero-order valence-electron chi connectivity index (χ0n) is 15.8. The molecular weight excluding hydrogens is 477 g/mol. The Kier molecular flexibility index (Phi) is 6.43. The monoisotopic (exact) mass is 489 g/mol. The van der Waals surface area contributed by atoms with Crippen molar-refractivity contribution in [3.63, 3.8) is 0 Å². The molecule has 0 unspecified atom stereocenters. The highest BCUT2D eigenvalue weighted by Crippen LogP contribution is 2.29. The number of nitrogens with one attached hydrogen (secondary N) is 2. The Morgan fingerprint density at radius 1 is 1.00 bits per heavy atom. The van der Waals surface area contributed by atoms with Gasteiger partial charge in [0.15, 0.2) is 16.6 Å². The number of halogens is 3. The number of carbonyl (C=O) groups excluding carboxylic acids is 1. The number of hydrogen-bond acceptors (Lipinski definition) is 4. The van der Waals surface area contributed by atoms with Gasteiger partial charge in [0.25, 0.3) is 5.91 Å². The van der Waals surface area contributed by atoms with Gasteiger partial charge < -0.3 is 9.73 Å². The normalized spacial score (nSPS) is 10.8. The van der Waals surface area contributed by atoms with E-state index in [1.807, 2.05) is 24.3 Å². The van der Waals surface area contributed by atoms with Crippen LogP contribution in [0.5, 0.6) is 0 Å². The van der Waals surface area contributed by atoms with Crippen LogP contribution in [0.3, 0.4) is 0 Å². The number of nitrogens with zero attached hydrogens (tertiary/aromatic N) is 1. The first-order valence-corrected chi connectivity index (χ1v) is 10.6. The van der Waals surface area contributed by atoms with Gasteiger partial charge in [0.1, 0.15) is 5.52 Å². The van der Waals surface area contributed by atoms with Crippen LogP contribution < -0.4 is 10.6 Å². The van der Waals surface area contributed by atoms with Crippen LogP contribution in [0, 0.1) is 0 Å². The summed E-state index contributed by atoms with van der Waals surface area (Å²) in [4.78, 5) is 16.7. The average molecular weight is 491 g/mol. The summed E-state index contributed by atoms with van der Waals surface area (Å²) >= 11 is 23.3. The minimum Gasteiger partial charge on any atom is -0.439 e. The molecule has 4 rings (SSSR count). The Balaban J connectivity index is 1.38. The van der Waals surface area contributed by atoms with Gasteiger partial charge in [0.05, 0.1) is 5.02 Å². The van der Waals surface area contributed by atoms with E-state index in [2.05, 4.69) is 15.6 Å². The predicted octanol–water partition coefficient (Wildman–Crippen LogP) is 6.51. The first-order valence-electron chi connectivity index (χ1n) is 9.09. The van der Waals surface area contributed by atoms with Gasteiger partial charge in [0.2, 0.25) is 0 Å². The summed E-state index contributed by atoms with van der Waals surface area (Å²) in [6.07, 6.45) is 0.485. The van der Waals surface area contributed by atoms with Gasteiger partial charge in [-0.1, -0.05) is 53.0 Å². The van der Waals surface area contributed by atoms with E-state index < -0.39 is 0 Å². The van der Waals surface area contributed by atoms with Crippen molar-refractivity contribution in [3.8, 4) is 0 Å². The lowest BCUT2D eigenvalue weighted by atomic mass is 10.1. The predicted molar refractivity (Wildman–Crippen MR) is 128 cm³/mol. The molecule has 0 spiro atoms. The lowest BCUT2D eigenvalue weighted by molar-refractivity contribution is 0.0977. The van der Waals surface area contributed by atoms with E-state index in [0.717, 1.165) is 11.3 Å². The van der Waals surface area contributed by atoms with E-state index in [0.29, 0.717) is 44.0 Å². The summed E-state index contributed by atoms with van der Waals surface area (Å²) in [7, 11) is 0. The second-order valence-corrected chi connectivity index (χ2v) is 8.32. The molecule has 0 aliphatic rings. The smallest absolute Gasteiger partial charge is 0.257 e. The van der Waals surface area contributed by atoms with Gasteiger partial charge in [0, 0.05) is 27.7 Å². The molecule has 1 heterocycles. The van der Waals surface area contributed by atoms with Crippen molar-refractivity contribution >= 4 is 74.8 Å². The van der Waals surface area contributed by atoms with Crippen molar-refractivity contribution < 1.29 is 9.21 Å². The summed E-state index contributed by atoms with van der Waals surface area (Å²) in [6, 6.07) is 17.5. The second-order valence-electron chi connectivity index (χ2n) is 6.64. The standard InChI is InChI=1S/C22H14Cl3N3O2S/c23-14-3-1-2-13(9-14)21(29)28-22(31)26-16-6-4-12(5-7-16)8-19-27-18-11-15(24)10-17(25)20(18)30-19/h1-7,9-11H,8H2,(H2,26,28,29,31). The van der Waals surface area contributed by atoms with Gasteiger partial charge in [-0.3, -0.25) is 10.1 Å². The van der Waals surface area contributed by atoms with E-state index in [1.165, 1.54) is 0 Å². The molecule has 0 saturated carbocycles. The average Bonchev–Trinajstić information content (AvgIpc) is 3.12. The molecule has 0 bridgehead atoms. The number of rotatable bonds is 4. The van der Waals surface area contributed by atoms with Crippen LogP contribution >= 0.6 is 47.0 Å². The lowest BCUT2D eigenvalue weighted by Crippen LogP contribution is -2.34. The lowest BCUT2D eigenvalue weighted by Gasteiger charge is -2.10. The van der Waals surface area contributed by atoms with Gasteiger partial charge in [-0.25, -0.2) is 4.98 Å². The number of carbonyl (C=O) groups is 1. The minimum absolute atomic E-state index is 0.184. The molecule has 156 valence electrons. The van der Waals surface area contributed by atoms with Crippen LogP contribution in [0.1, 0.15) is 21.8 Å². The summed E-state index contributed by atoms with van der Waals surface area (Å²) in [5, 5.41) is 7.20. The summed E-state index contributed by atoms with van der Waals surface area (Å²) < 4.78 is 5.75. The zero-order chi connectivity index (χ0) is 22.0. The fourth-order valence-corrected chi connectivity index (χ4v) is 3.85. The number of anilines is 1. The molecule has 4 aromatic rings. The van der Waals surface area contributed by atoms with Crippen LogP contribution in [0.4, 0.5) is 5.69 Å². The molecule has 0 aliphatic heterocycles. The fourth-order valence-electron chi connectivity index (χ4n) is 2.93. The highest BCUT2D eigenvalue weighted by atomic mass is 35.5. The Labute approximate surface area is 198 Å². The molecule has 2 N–H and O–H groups in total. The third-order valence-electron chi connectivity index (χ3n) is 4.33. The molecule has 1 amide bonds. The third-order valence-corrected chi connectivity index (χ3v) is 5.27. The third kappa shape index (κ3) is 5.35. The number of amides is 1. The van der Waals surface area contributed by atoms with Crippen LogP contribution in [0.2, 0.25) is 15.1 Å². The molecular formula is C22H14Cl3N3O2S. The van der Waals surface area contributed by atoms with Crippen molar-refractivity contribution in [1.29, 1.82) is 0 Å². The number of oxazole rings is 1. The summed E-state index contributed by atoms with van der Waals surface area (Å²) in [5.74, 6) is 0.190. The first kappa shape index (κ1) is 21.6. The van der Waals surface area contributed by atoms with Crippen molar-refractivity contribution in [1.82, 2.24) is 10.3 Å². The zero-order valence-corrected chi connectivity index (χ0v) is 18.9. The molecule has 0 saturated heterocycles. The maximum Gasteiger partial charge on any atom is 0.257 e. The Morgan fingerprint density at radius 2 is 1.77 bits per heavy atom. The SMILES string of the molecule is O=C(NC(=S)Nc1ccc(Cc2nc3cc(Cl)cc(Cl)c3o2)cc1)c1cccc(Cl)c1. The number of benzene rings is 3. The highest BCUT2D eigenvalue weighted by molar-refractivity contribution is 7.80.